The Morgan fingerprint density at radius 1 is 1.29 bits per heavy atom. The van der Waals surface area contributed by atoms with Crippen molar-refractivity contribution in [3.8, 4) is 0 Å². The van der Waals surface area contributed by atoms with Crippen molar-refractivity contribution in [2.45, 2.75) is 17.4 Å². The summed E-state index contributed by atoms with van der Waals surface area (Å²) in [5, 5.41) is 5.82. The summed E-state index contributed by atoms with van der Waals surface area (Å²) in [7, 11) is 1.64. The number of nitrogens with zero attached hydrogens (tertiary/aromatic N) is 1. The van der Waals surface area contributed by atoms with E-state index in [0.717, 1.165) is 5.56 Å². The minimum atomic E-state index is -0.730. The summed E-state index contributed by atoms with van der Waals surface area (Å²) in [6.45, 7) is 1.86. The average Bonchev–Trinajstić information content (AvgIpc) is 2.66. The van der Waals surface area contributed by atoms with Gasteiger partial charge in [0.25, 0.3) is 5.91 Å². The van der Waals surface area contributed by atoms with Crippen LogP contribution in [0.5, 0.6) is 0 Å². The maximum atomic E-state index is 12.0. The molecule has 1 fully saturated rings. The summed E-state index contributed by atoms with van der Waals surface area (Å²) in [4.78, 5) is 17.1. The highest BCUT2D eigenvalue weighted by molar-refractivity contribution is 7.98. The molecule has 0 bridgehead atoms. The third kappa shape index (κ3) is 2.02. The Balaban J connectivity index is 2.35. The van der Waals surface area contributed by atoms with Crippen LogP contribution in [0, 0.1) is 0 Å². The molecule has 1 aliphatic rings. The van der Waals surface area contributed by atoms with Crippen LogP contribution in [-0.2, 0) is 10.3 Å². The second kappa shape index (κ2) is 4.41. The van der Waals surface area contributed by atoms with E-state index < -0.39 is 5.54 Å². The first kappa shape index (κ1) is 12.0. The largest absolute Gasteiger partial charge is 0.338 e. The molecule has 2 rings (SSSR count). The second-order valence-electron chi connectivity index (χ2n) is 4.00. The SMILES string of the molecule is CN=C1NC(=O)C(C)(c2ccc(SC)cc2)N1. The number of nitrogens with one attached hydrogen (secondary N) is 2. The molecule has 0 spiro atoms. The monoisotopic (exact) mass is 249 g/mol. The summed E-state index contributed by atoms with van der Waals surface area (Å²) in [5.74, 6) is 0.446. The van der Waals surface area contributed by atoms with Crippen LogP contribution in [0.15, 0.2) is 34.2 Å². The molecule has 5 heteroatoms. The molecule has 0 radical (unpaired) electrons. The standard InChI is InChI=1S/C12H15N3OS/c1-12(10(16)14-11(13-2)15-12)8-4-6-9(17-3)7-5-8/h4-7H,1-3H3,(H2,13,14,15,16). The number of benzene rings is 1. The molecule has 1 aromatic rings. The van der Waals surface area contributed by atoms with E-state index >= 15 is 0 Å². The fraction of sp³-hybridized carbons (Fsp3) is 0.333. The van der Waals surface area contributed by atoms with E-state index in [9.17, 15) is 4.79 Å². The number of hydrogen-bond acceptors (Lipinski definition) is 3. The summed E-state index contributed by atoms with van der Waals surface area (Å²) < 4.78 is 0. The number of carbonyl (C=O) groups excluding carboxylic acids is 1. The molecule has 1 unspecified atom stereocenters. The lowest BCUT2D eigenvalue weighted by atomic mass is 9.92. The lowest BCUT2D eigenvalue weighted by molar-refractivity contribution is -0.123. The Morgan fingerprint density at radius 3 is 2.41 bits per heavy atom. The van der Waals surface area contributed by atoms with Gasteiger partial charge in [-0.3, -0.25) is 15.1 Å². The summed E-state index contributed by atoms with van der Waals surface area (Å²) in [5.41, 5.74) is 0.206. The number of guanidine groups is 1. The predicted molar refractivity (Wildman–Crippen MR) is 70.2 cm³/mol. The molecular weight excluding hydrogens is 234 g/mol. The first-order valence-electron chi connectivity index (χ1n) is 5.31. The van der Waals surface area contributed by atoms with Crippen molar-refractivity contribution in [3.05, 3.63) is 29.8 Å². The maximum absolute atomic E-state index is 12.0. The zero-order valence-corrected chi connectivity index (χ0v) is 10.9. The molecule has 90 valence electrons. The van der Waals surface area contributed by atoms with Crippen LogP contribution in [0.1, 0.15) is 12.5 Å². The van der Waals surface area contributed by atoms with Crippen LogP contribution in [0.2, 0.25) is 0 Å². The van der Waals surface area contributed by atoms with Crippen LogP contribution < -0.4 is 10.6 Å². The van der Waals surface area contributed by atoms with E-state index in [1.165, 1.54) is 4.90 Å². The van der Waals surface area contributed by atoms with Crippen molar-refractivity contribution in [2.75, 3.05) is 13.3 Å². The lowest BCUT2D eigenvalue weighted by Crippen LogP contribution is -2.40. The highest BCUT2D eigenvalue weighted by atomic mass is 32.2. The molecule has 0 saturated carbocycles. The molecule has 1 atom stereocenters. The molecule has 0 aliphatic carbocycles. The van der Waals surface area contributed by atoms with Gasteiger partial charge in [0.1, 0.15) is 5.54 Å². The molecule has 1 heterocycles. The first-order valence-corrected chi connectivity index (χ1v) is 6.53. The number of rotatable bonds is 2. The first-order chi connectivity index (χ1) is 8.10. The normalized spacial score (nSPS) is 25.8. The van der Waals surface area contributed by atoms with Gasteiger partial charge in [-0.1, -0.05) is 12.1 Å². The Kier molecular flexibility index (Phi) is 3.11. The molecule has 17 heavy (non-hydrogen) atoms. The number of aliphatic imine (C=N–C) groups is 1. The van der Waals surface area contributed by atoms with Crippen LogP contribution in [0.4, 0.5) is 0 Å². The van der Waals surface area contributed by atoms with Gasteiger partial charge in [-0.2, -0.15) is 0 Å². The average molecular weight is 249 g/mol. The minimum absolute atomic E-state index is 0.0741. The Bertz CT molecular complexity index is 469. The fourth-order valence-electron chi connectivity index (χ4n) is 1.80. The van der Waals surface area contributed by atoms with Gasteiger partial charge in [0.2, 0.25) is 0 Å². The van der Waals surface area contributed by atoms with Crippen molar-refractivity contribution in [1.82, 2.24) is 10.6 Å². The second-order valence-corrected chi connectivity index (χ2v) is 4.88. The molecule has 1 aromatic carbocycles. The molecule has 4 nitrogen and oxygen atoms in total. The van der Waals surface area contributed by atoms with Gasteiger partial charge >= 0.3 is 0 Å². The number of carbonyl (C=O) groups is 1. The van der Waals surface area contributed by atoms with E-state index in [2.05, 4.69) is 15.6 Å². The quantitative estimate of drug-likeness (QED) is 0.777. The van der Waals surface area contributed by atoms with Gasteiger partial charge < -0.3 is 5.32 Å². The van der Waals surface area contributed by atoms with Crippen LogP contribution in [0.25, 0.3) is 0 Å². The zero-order chi connectivity index (χ0) is 12.5. The van der Waals surface area contributed by atoms with Crippen LogP contribution in [0.3, 0.4) is 0 Å². The smallest absolute Gasteiger partial charge is 0.256 e. The number of hydrogen-bond donors (Lipinski definition) is 2. The van der Waals surface area contributed by atoms with E-state index in [1.54, 1.807) is 18.8 Å². The number of amides is 1. The van der Waals surface area contributed by atoms with Gasteiger partial charge in [-0.25, -0.2) is 0 Å². The molecule has 1 saturated heterocycles. The summed E-state index contributed by atoms with van der Waals surface area (Å²) >= 11 is 1.68. The molecule has 2 N–H and O–H groups in total. The Labute approximate surface area is 105 Å². The van der Waals surface area contributed by atoms with Crippen molar-refractivity contribution in [1.29, 1.82) is 0 Å². The maximum Gasteiger partial charge on any atom is 0.256 e. The van der Waals surface area contributed by atoms with Crippen molar-refractivity contribution in [3.63, 3.8) is 0 Å². The van der Waals surface area contributed by atoms with E-state index in [1.807, 2.05) is 37.4 Å². The molecule has 1 amide bonds. The minimum Gasteiger partial charge on any atom is -0.338 e. The van der Waals surface area contributed by atoms with Crippen molar-refractivity contribution < 1.29 is 4.79 Å². The van der Waals surface area contributed by atoms with Crippen molar-refractivity contribution in [2.24, 2.45) is 4.99 Å². The van der Waals surface area contributed by atoms with Crippen LogP contribution in [-0.4, -0.2) is 25.2 Å². The molecule has 1 aliphatic heterocycles. The summed E-state index contributed by atoms with van der Waals surface area (Å²) in [6.07, 6.45) is 2.03. The topological polar surface area (TPSA) is 53.5 Å². The highest BCUT2D eigenvalue weighted by Crippen LogP contribution is 2.26. The number of thioether (sulfide) groups is 1. The molecular formula is C12H15N3OS. The predicted octanol–water partition coefficient (Wildman–Crippen LogP) is 1.33. The fourth-order valence-corrected chi connectivity index (χ4v) is 2.21. The Morgan fingerprint density at radius 2 is 1.94 bits per heavy atom. The van der Waals surface area contributed by atoms with Gasteiger partial charge in [0.05, 0.1) is 0 Å². The molecule has 0 aromatic heterocycles. The van der Waals surface area contributed by atoms with Gasteiger partial charge in [0.15, 0.2) is 5.96 Å². The lowest BCUT2D eigenvalue weighted by Gasteiger charge is -2.21. The van der Waals surface area contributed by atoms with E-state index in [0.29, 0.717) is 5.96 Å². The third-order valence-corrected chi connectivity index (χ3v) is 3.69. The third-order valence-electron chi connectivity index (χ3n) is 2.95. The van der Waals surface area contributed by atoms with Gasteiger partial charge in [0, 0.05) is 11.9 Å². The van der Waals surface area contributed by atoms with Crippen molar-refractivity contribution >= 4 is 23.6 Å². The summed E-state index contributed by atoms with van der Waals surface area (Å²) in [6, 6.07) is 7.97. The van der Waals surface area contributed by atoms with E-state index in [-0.39, 0.29) is 5.91 Å². The highest BCUT2D eigenvalue weighted by Gasteiger charge is 2.41. The van der Waals surface area contributed by atoms with Gasteiger partial charge in [-0.05, 0) is 30.9 Å². The van der Waals surface area contributed by atoms with Gasteiger partial charge in [-0.15, -0.1) is 11.8 Å². The zero-order valence-electron chi connectivity index (χ0n) is 10.1. The Hall–Kier alpha value is -1.49. The van der Waals surface area contributed by atoms with E-state index in [4.69, 9.17) is 0 Å². The van der Waals surface area contributed by atoms with Crippen LogP contribution >= 0.6 is 11.8 Å².